The number of hydrogen-bond donors (Lipinski definition) is 1. The molecular weight excluding hydrogens is 515 g/mol. The minimum absolute atomic E-state index is 0.0242. The van der Waals surface area contributed by atoms with Crippen LogP contribution >= 0.6 is 23.2 Å². The summed E-state index contributed by atoms with van der Waals surface area (Å²) in [7, 11) is -3.54. The second kappa shape index (κ2) is 8.69. The molecule has 2 aliphatic heterocycles. The number of piperazine rings is 1. The Labute approximate surface area is 212 Å². The Bertz CT molecular complexity index is 1310. The molecule has 3 aliphatic rings. The summed E-state index contributed by atoms with van der Waals surface area (Å²) in [5.41, 5.74) is 1.17. The second-order valence-electron chi connectivity index (χ2n) is 8.93. The third-order valence-corrected chi connectivity index (χ3v) is 8.32. The van der Waals surface area contributed by atoms with Gasteiger partial charge >= 0.3 is 12.1 Å². The molecule has 0 bridgehead atoms. The normalized spacial score (nSPS) is 24.0. The number of halogens is 2. The number of amides is 5. The molecule has 2 aromatic rings. The minimum Gasteiger partial charge on any atom is -0.320 e. The number of fused-ring (bicyclic) bond motifs is 1. The average molecular weight is 537 g/mol. The van der Waals surface area contributed by atoms with Crippen LogP contribution in [0, 0.1) is 0 Å². The molecule has 2 aromatic carbocycles. The van der Waals surface area contributed by atoms with Gasteiger partial charge in [-0.3, -0.25) is 9.69 Å². The molecule has 9 nitrogen and oxygen atoms in total. The number of imide groups is 1. The van der Waals surface area contributed by atoms with Crippen LogP contribution in [0.25, 0.3) is 0 Å². The molecule has 1 aliphatic carbocycles. The second-order valence-corrected chi connectivity index (χ2v) is 11.8. The van der Waals surface area contributed by atoms with Gasteiger partial charge in [-0.15, -0.1) is 0 Å². The van der Waals surface area contributed by atoms with E-state index in [0.717, 1.165) is 18.2 Å². The largest absolute Gasteiger partial charge is 0.327 e. The Hall–Kier alpha value is -2.82. The van der Waals surface area contributed by atoms with Crippen LogP contribution in [0.3, 0.4) is 0 Å². The molecule has 12 heteroatoms. The third-order valence-electron chi connectivity index (χ3n) is 6.63. The third kappa shape index (κ3) is 4.34. The van der Waals surface area contributed by atoms with Crippen LogP contribution < -0.4 is 5.32 Å². The van der Waals surface area contributed by atoms with Gasteiger partial charge in [0, 0.05) is 31.3 Å². The highest BCUT2D eigenvalue weighted by atomic mass is 35.5. The predicted molar refractivity (Wildman–Crippen MR) is 130 cm³/mol. The summed E-state index contributed by atoms with van der Waals surface area (Å²) >= 11 is 12.4. The number of rotatable bonds is 4. The Morgan fingerprint density at radius 2 is 1.71 bits per heavy atom. The molecule has 5 rings (SSSR count). The summed E-state index contributed by atoms with van der Waals surface area (Å²) in [6.45, 7) is 0.474. The first kappa shape index (κ1) is 23.9. The van der Waals surface area contributed by atoms with E-state index >= 15 is 0 Å². The van der Waals surface area contributed by atoms with Gasteiger partial charge in [0.15, 0.2) is 9.84 Å². The molecule has 2 heterocycles. The van der Waals surface area contributed by atoms with Gasteiger partial charge < -0.3 is 15.1 Å². The smallest absolute Gasteiger partial charge is 0.320 e. The number of carbonyl (C=O) groups is 3. The van der Waals surface area contributed by atoms with Crippen molar-refractivity contribution in [1.29, 1.82) is 0 Å². The Balaban J connectivity index is 1.28. The van der Waals surface area contributed by atoms with Crippen LogP contribution in [0.1, 0.15) is 17.9 Å². The summed E-state index contributed by atoms with van der Waals surface area (Å²) < 4.78 is 23.6. The molecule has 2 saturated heterocycles. The zero-order valence-electron chi connectivity index (χ0n) is 18.6. The Morgan fingerprint density at radius 1 is 1.06 bits per heavy atom. The van der Waals surface area contributed by atoms with E-state index in [1.54, 1.807) is 0 Å². The quantitative estimate of drug-likeness (QED) is 0.602. The van der Waals surface area contributed by atoms with Crippen molar-refractivity contribution in [2.24, 2.45) is 0 Å². The van der Waals surface area contributed by atoms with Gasteiger partial charge in [0.1, 0.15) is 6.04 Å². The van der Waals surface area contributed by atoms with Crippen LogP contribution in [0.4, 0.5) is 15.3 Å². The maximum Gasteiger partial charge on any atom is 0.327 e. The van der Waals surface area contributed by atoms with Crippen LogP contribution in [-0.2, 0) is 14.6 Å². The molecule has 0 spiro atoms. The fourth-order valence-electron chi connectivity index (χ4n) is 4.70. The van der Waals surface area contributed by atoms with Crippen molar-refractivity contribution in [3.8, 4) is 0 Å². The molecule has 0 aromatic heterocycles. The number of carbonyl (C=O) groups excluding carboxylic acids is 3. The molecule has 184 valence electrons. The first-order valence-corrected chi connectivity index (χ1v) is 13.6. The highest BCUT2D eigenvalue weighted by molar-refractivity contribution is 7.90. The molecular formula is C23H22Cl2N4O5S. The Kier molecular flexibility index (Phi) is 5.93. The maximum absolute atomic E-state index is 13.2. The van der Waals surface area contributed by atoms with Crippen molar-refractivity contribution >= 4 is 56.7 Å². The van der Waals surface area contributed by atoms with Crippen molar-refractivity contribution < 1.29 is 22.8 Å². The standard InChI is InChI=1S/C23H22Cl2N4O5S/c1-35(33,34)14-9-16(24)20(17(25)10-14)26-22(31)27-7-8-28-19(12-27)21(30)29(23(28)32)18-11-15(18)13-5-3-2-4-6-13/h2-6,9-10,15,18-19H,7-8,11-12H2,1H3,(H,26,31)/t15-,18+,19+/m1/s1. The van der Waals surface area contributed by atoms with E-state index in [1.165, 1.54) is 26.8 Å². The van der Waals surface area contributed by atoms with Crippen molar-refractivity contribution in [3.05, 3.63) is 58.1 Å². The molecule has 0 unspecified atom stereocenters. The minimum atomic E-state index is -3.54. The highest BCUT2D eigenvalue weighted by Crippen LogP contribution is 2.47. The number of urea groups is 2. The predicted octanol–water partition coefficient (Wildman–Crippen LogP) is 3.43. The lowest BCUT2D eigenvalue weighted by molar-refractivity contribution is -0.129. The zero-order chi connectivity index (χ0) is 25.1. The number of benzene rings is 2. The van der Waals surface area contributed by atoms with E-state index in [-0.39, 0.29) is 64.2 Å². The molecule has 35 heavy (non-hydrogen) atoms. The van der Waals surface area contributed by atoms with E-state index in [1.807, 2.05) is 30.3 Å². The first-order valence-electron chi connectivity index (χ1n) is 11.0. The fourth-order valence-corrected chi connectivity index (χ4v) is 6.08. The van der Waals surface area contributed by atoms with Crippen LogP contribution in [0.15, 0.2) is 47.4 Å². The fraction of sp³-hybridized carbons (Fsp3) is 0.348. The van der Waals surface area contributed by atoms with Gasteiger partial charge in [0.25, 0.3) is 5.91 Å². The van der Waals surface area contributed by atoms with Crippen molar-refractivity contribution in [3.63, 3.8) is 0 Å². The van der Waals surface area contributed by atoms with Crippen molar-refractivity contribution in [1.82, 2.24) is 14.7 Å². The molecule has 3 fully saturated rings. The molecule has 0 radical (unpaired) electrons. The van der Waals surface area contributed by atoms with E-state index in [4.69, 9.17) is 23.2 Å². The lowest BCUT2D eigenvalue weighted by Crippen LogP contribution is -2.55. The van der Waals surface area contributed by atoms with Gasteiger partial charge in [0.05, 0.1) is 27.2 Å². The molecule has 5 amide bonds. The number of sulfone groups is 1. The number of nitrogens with zero attached hydrogens (tertiary/aromatic N) is 3. The molecule has 1 saturated carbocycles. The van der Waals surface area contributed by atoms with Gasteiger partial charge in [-0.2, -0.15) is 0 Å². The van der Waals surface area contributed by atoms with E-state index in [2.05, 4.69) is 5.32 Å². The topological polar surface area (TPSA) is 107 Å². The summed E-state index contributed by atoms with van der Waals surface area (Å²) in [4.78, 5) is 43.4. The highest BCUT2D eigenvalue weighted by Gasteiger charge is 2.56. The van der Waals surface area contributed by atoms with Crippen LogP contribution in [0.5, 0.6) is 0 Å². The number of anilines is 1. The van der Waals surface area contributed by atoms with E-state index < -0.39 is 21.9 Å². The summed E-state index contributed by atoms with van der Waals surface area (Å²) in [6.07, 6.45) is 1.76. The van der Waals surface area contributed by atoms with Gasteiger partial charge in [-0.25, -0.2) is 18.0 Å². The maximum atomic E-state index is 13.2. The van der Waals surface area contributed by atoms with Crippen LogP contribution in [0.2, 0.25) is 10.0 Å². The molecule has 1 N–H and O–H groups in total. The van der Waals surface area contributed by atoms with E-state index in [9.17, 15) is 22.8 Å². The summed E-state index contributed by atoms with van der Waals surface area (Å²) in [5, 5.41) is 2.56. The van der Waals surface area contributed by atoms with Gasteiger partial charge in [-0.1, -0.05) is 53.5 Å². The summed E-state index contributed by atoms with van der Waals surface area (Å²) in [5.74, 6) is -0.173. The lowest BCUT2D eigenvalue weighted by Gasteiger charge is -2.35. The van der Waals surface area contributed by atoms with Crippen molar-refractivity contribution in [2.75, 3.05) is 31.2 Å². The zero-order valence-corrected chi connectivity index (χ0v) is 21.0. The Morgan fingerprint density at radius 3 is 2.34 bits per heavy atom. The first-order chi connectivity index (χ1) is 16.6. The number of nitrogens with one attached hydrogen (secondary N) is 1. The van der Waals surface area contributed by atoms with Crippen LogP contribution in [-0.4, -0.2) is 79.1 Å². The molecule has 3 atom stereocenters. The van der Waals surface area contributed by atoms with Gasteiger partial charge in [-0.05, 0) is 24.1 Å². The monoisotopic (exact) mass is 536 g/mol. The summed E-state index contributed by atoms with van der Waals surface area (Å²) in [6, 6.07) is 10.4. The van der Waals surface area contributed by atoms with E-state index in [0.29, 0.717) is 0 Å². The lowest BCUT2D eigenvalue weighted by atomic mass is 10.1. The average Bonchev–Trinajstić information content (AvgIpc) is 3.56. The van der Waals surface area contributed by atoms with Gasteiger partial charge in [0.2, 0.25) is 0 Å². The van der Waals surface area contributed by atoms with Crippen molar-refractivity contribution in [2.45, 2.75) is 29.3 Å². The SMILES string of the molecule is CS(=O)(=O)c1cc(Cl)c(NC(=O)N2CCN3C(=O)N([C@H]4C[C@@H]4c4ccccc4)C(=O)[C@@H]3C2)c(Cl)c1. The number of hydrogen-bond acceptors (Lipinski definition) is 5.